The van der Waals surface area contributed by atoms with Crippen molar-refractivity contribution in [3.05, 3.63) is 109 Å². The van der Waals surface area contributed by atoms with Crippen molar-refractivity contribution < 1.29 is 0 Å². The molecule has 0 bridgehead atoms. The molecule has 0 unspecified atom stereocenters. The van der Waals surface area contributed by atoms with Crippen LogP contribution in [0.2, 0.25) is 0 Å². The highest BCUT2D eigenvalue weighted by Crippen LogP contribution is 2.45. The topological polar surface area (TPSA) is 0 Å². The highest BCUT2D eigenvalue weighted by atomic mass is 14.3. The zero-order valence-corrected chi connectivity index (χ0v) is 16.8. The van der Waals surface area contributed by atoms with Crippen LogP contribution >= 0.6 is 0 Å². The van der Waals surface area contributed by atoms with Gasteiger partial charge in [-0.1, -0.05) is 124 Å². The van der Waals surface area contributed by atoms with Crippen LogP contribution in [0.4, 0.5) is 0 Å². The van der Waals surface area contributed by atoms with E-state index in [1.165, 1.54) is 38.9 Å². The second-order valence-corrected chi connectivity index (χ2v) is 8.26. The minimum atomic E-state index is 0.0456. The van der Waals surface area contributed by atoms with E-state index < -0.39 is 0 Å². The van der Waals surface area contributed by atoms with Crippen molar-refractivity contribution in [1.29, 1.82) is 0 Å². The zero-order valence-electron chi connectivity index (χ0n) is 16.8. The van der Waals surface area contributed by atoms with Crippen LogP contribution in [0.25, 0.3) is 33.4 Å². The van der Waals surface area contributed by atoms with Crippen LogP contribution in [0.5, 0.6) is 0 Å². The third kappa shape index (κ3) is 3.51. The molecule has 0 saturated carbocycles. The van der Waals surface area contributed by atoms with Gasteiger partial charge in [-0.25, -0.2) is 0 Å². The van der Waals surface area contributed by atoms with Gasteiger partial charge >= 0.3 is 0 Å². The van der Waals surface area contributed by atoms with Gasteiger partial charge in [0.1, 0.15) is 0 Å². The van der Waals surface area contributed by atoms with Gasteiger partial charge in [-0.3, -0.25) is 0 Å². The lowest BCUT2D eigenvalue weighted by Crippen LogP contribution is -2.13. The molecule has 0 N–H and O–H groups in total. The molecule has 138 valence electrons. The van der Waals surface area contributed by atoms with E-state index in [0.29, 0.717) is 0 Å². The summed E-state index contributed by atoms with van der Waals surface area (Å²) in [7, 11) is 0. The lowest BCUT2D eigenvalue weighted by atomic mass is 9.76. The number of benzene rings is 4. The van der Waals surface area contributed by atoms with Crippen molar-refractivity contribution in [2.24, 2.45) is 0 Å². The average molecular weight is 363 g/mol. The van der Waals surface area contributed by atoms with E-state index in [4.69, 9.17) is 0 Å². The Morgan fingerprint density at radius 3 is 1.32 bits per heavy atom. The fourth-order valence-corrected chi connectivity index (χ4v) is 3.90. The van der Waals surface area contributed by atoms with Gasteiger partial charge in [-0.15, -0.1) is 0 Å². The molecular formula is C28H26. The van der Waals surface area contributed by atoms with Gasteiger partial charge in [-0.2, -0.15) is 0 Å². The van der Waals surface area contributed by atoms with Crippen molar-refractivity contribution in [3.63, 3.8) is 0 Å². The Bertz CT molecular complexity index is 1050. The molecule has 4 rings (SSSR count). The molecule has 0 atom stereocenters. The standard InChI is InChI=1S/C28H26/c1-28(2,3)25-20-19-24(21-13-7-4-8-14-21)26(22-15-9-5-10-16-22)27(25)23-17-11-6-12-18-23/h4-20H,1-3H3. The predicted molar refractivity (Wildman–Crippen MR) is 121 cm³/mol. The maximum atomic E-state index is 2.32. The maximum absolute atomic E-state index is 2.32. The molecule has 0 aliphatic carbocycles. The van der Waals surface area contributed by atoms with Crippen LogP contribution in [0.15, 0.2) is 103 Å². The first kappa shape index (κ1) is 18.3. The molecule has 28 heavy (non-hydrogen) atoms. The molecule has 0 nitrogen and oxygen atoms in total. The van der Waals surface area contributed by atoms with E-state index >= 15 is 0 Å². The van der Waals surface area contributed by atoms with Gasteiger partial charge in [0, 0.05) is 0 Å². The maximum Gasteiger partial charge on any atom is -0.00238 e. The van der Waals surface area contributed by atoms with E-state index in [1.807, 2.05) is 0 Å². The van der Waals surface area contributed by atoms with Crippen molar-refractivity contribution in [3.8, 4) is 33.4 Å². The van der Waals surface area contributed by atoms with E-state index in [1.54, 1.807) is 0 Å². The first-order valence-electron chi connectivity index (χ1n) is 9.89. The summed E-state index contributed by atoms with van der Waals surface area (Å²) in [4.78, 5) is 0. The Morgan fingerprint density at radius 1 is 0.429 bits per heavy atom. The molecule has 0 heteroatoms. The lowest BCUT2D eigenvalue weighted by molar-refractivity contribution is 0.592. The van der Waals surface area contributed by atoms with E-state index in [0.717, 1.165) is 0 Å². The van der Waals surface area contributed by atoms with Crippen LogP contribution in [0.3, 0.4) is 0 Å². The Morgan fingerprint density at radius 2 is 0.857 bits per heavy atom. The third-order valence-corrected chi connectivity index (χ3v) is 5.22. The monoisotopic (exact) mass is 362 g/mol. The SMILES string of the molecule is CC(C)(C)c1ccc(-c2ccccc2)c(-c2ccccc2)c1-c1ccccc1. The first-order chi connectivity index (χ1) is 13.6. The molecule has 0 aliphatic heterocycles. The van der Waals surface area contributed by atoms with E-state index in [9.17, 15) is 0 Å². The van der Waals surface area contributed by atoms with E-state index in [2.05, 4.69) is 124 Å². The fraction of sp³-hybridized carbons (Fsp3) is 0.143. The van der Waals surface area contributed by atoms with Crippen LogP contribution < -0.4 is 0 Å². The van der Waals surface area contributed by atoms with Gasteiger partial charge in [0.15, 0.2) is 0 Å². The Labute approximate surface area is 168 Å². The molecule has 4 aromatic carbocycles. The summed E-state index contributed by atoms with van der Waals surface area (Å²) in [5, 5.41) is 0. The smallest absolute Gasteiger partial charge is 0.00238 e. The summed E-state index contributed by atoms with van der Waals surface area (Å²) in [5.74, 6) is 0. The van der Waals surface area contributed by atoms with Crippen molar-refractivity contribution >= 4 is 0 Å². The van der Waals surface area contributed by atoms with Gasteiger partial charge in [-0.05, 0) is 44.4 Å². The second kappa shape index (κ2) is 7.48. The summed E-state index contributed by atoms with van der Waals surface area (Å²) in [5.41, 5.74) is 9.11. The number of hydrogen-bond donors (Lipinski definition) is 0. The first-order valence-corrected chi connectivity index (χ1v) is 9.89. The third-order valence-electron chi connectivity index (χ3n) is 5.22. The Balaban J connectivity index is 2.14. The summed E-state index contributed by atoms with van der Waals surface area (Å²) >= 11 is 0. The summed E-state index contributed by atoms with van der Waals surface area (Å²) in [6, 6.07) is 36.9. The van der Waals surface area contributed by atoms with Crippen molar-refractivity contribution in [2.45, 2.75) is 26.2 Å². The molecule has 4 aromatic rings. The van der Waals surface area contributed by atoms with Gasteiger partial charge in [0.25, 0.3) is 0 Å². The molecule has 0 aliphatic rings. The van der Waals surface area contributed by atoms with Crippen LogP contribution in [0, 0.1) is 0 Å². The van der Waals surface area contributed by atoms with Crippen LogP contribution in [-0.2, 0) is 5.41 Å². The molecule has 0 fully saturated rings. The lowest BCUT2D eigenvalue weighted by Gasteiger charge is -2.27. The summed E-state index contributed by atoms with van der Waals surface area (Å²) < 4.78 is 0. The van der Waals surface area contributed by atoms with Crippen LogP contribution in [0.1, 0.15) is 26.3 Å². The van der Waals surface area contributed by atoms with E-state index in [-0.39, 0.29) is 5.41 Å². The van der Waals surface area contributed by atoms with Gasteiger partial charge in [0.2, 0.25) is 0 Å². The van der Waals surface area contributed by atoms with Gasteiger partial charge < -0.3 is 0 Å². The Hall–Kier alpha value is -3.12. The molecule has 0 spiro atoms. The average Bonchev–Trinajstić information content (AvgIpc) is 2.74. The minimum absolute atomic E-state index is 0.0456. The predicted octanol–water partition coefficient (Wildman–Crippen LogP) is 7.99. The summed E-state index contributed by atoms with van der Waals surface area (Å²) in [6.07, 6.45) is 0. The number of rotatable bonds is 3. The minimum Gasteiger partial charge on any atom is -0.0622 e. The number of hydrogen-bond acceptors (Lipinski definition) is 0. The normalized spacial score (nSPS) is 11.4. The largest absolute Gasteiger partial charge is 0.0622 e. The molecular weight excluding hydrogens is 336 g/mol. The van der Waals surface area contributed by atoms with Crippen LogP contribution in [-0.4, -0.2) is 0 Å². The fourth-order valence-electron chi connectivity index (χ4n) is 3.90. The zero-order chi connectivity index (χ0) is 19.6. The highest BCUT2D eigenvalue weighted by molar-refractivity contribution is 5.96. The molecule has 0 heterocycles. The molecule has 0 radical (unpaired) electrons. The second-order valence-electron chi connectivity index (χ2n) is 8.26. The highest BCUT2D eigenvalue weighted by Gasteiger charge is 2.24. The van der Waals surface area contributed by atoms with Gasteiger partial charge in [0.05, 0.1) is 0 Å². The molecule has 0 aromatic heterocycles. The summed E-state index contributed by atoms with van der Waals surface area (Å²) in [6.45, 7) is 6.89. The molecule has 0 saturated heterocycles. The van der Waals surface area contributed by atoms with Crippen molar-refractivity contribution in [1.82, 2.24) is 0 Å². The molecule has 0 amide bonds. The van der Waals surface area contributed by atoms with Crippen molar-refractivity contribution in [2.75, 3.05) is 0 Å². The quantitative estimate of drug-likeness (QED) is 0.346. The Kier molecular flexibility index (Phi) is 4.88.